The molecule has 0 aliphatic heterocycles. The van der Waals surface area contributed by atoms with E-state index in [0.29, 0.717) is 12.3 Å². The molecule has 2 aromatic carbocycles. The SMILES string of the molecule is COc1ccc(CNC(=O)/C(C#N)=C\Nc2cccc(OC)c2)cc1. The van der Waals surface area contributed by atoms with Crippen molar-refractivity contribution in [1.29, 1.82) is 5.26 Å². The smallest absolute Gasteiger partial charge is 0.263 e. The zero-order valence-electron chi connectivity index (χ0n) is 14.1. The van der Waals surface area contributed by atoms with Crippen LogP contribution in [-0.2, 0) is 11.3 Å². The highest BCUT2D eigenvalue weighted by atomic mass is 16.5. The summed E-state index contributed by atoms with van der Waals surface area (Å²) >= 11 is 0. The van der Waals surface area contributed by atoms with Gasteiger partial charge in [-0.2, -0.15) is 5.26 Å². The Morgan fingerprint density at radius 2 is 1.84 bits per heavy atom. The van der Waals surface area contributed by atoms with Crippen LogP contribution in [0.15, 0.2) is 60.3 Å². The van der Waals surface area contributed by atoms with Gasteiger partial charge in [0.15, 0.2) is 0 Å². The molecule has 0 saturated heterocycles. The Morgan fingerprint density at radius 3 is 2.48 bits per heavy atom. The molecule has 0 aliphatic rings. The molecule has 0 atom stereocenters. The zero-order valence-corrected chi connectivity index (χ0v) is 14.1. The quantitative estimate of drug-likeness (QED) is 0.599. The third-order valence-corrected chi connectivity index (χ3v) is 3.43. The third-order valence-electron chi connectivity index (χ3n) is 3.43. The monoisotopic (exact) mass is 337 g/mol. The predicted molar refractivity (Wildman–Crippen MR) is 95.2 cm³/mol. The molecule has 0 aliphatic carbocycles. The number of nitrogens with one attached hydrogen (secondary N) is 2. The van der Waals surface area contributed by atoms with Crippen LogP contribution in [-0.4, -0.2) is 20.1 Å². The van der Waals surface area contributed by atoms with Gasteiger partial charge in [-0.05, 0) is 29.8 Å². The summed E-state index contributed by atoms with van der Waals surface area (Å²) < 4.78 is 10.2. The number of anilines is 1. The van der Waals surface area contributed by atoms with Crippen molar-refractivity contribution in [2.75, 3.05) is 19.5 Å². The first kappa shape index (κ1) is 17.9. The third kappa shape index (κ3) is 5.29. The van der Waals surface area contributed by atoms with Gasteiger partial charge in [0, 0.05) is 24.5 Å². The van der Waals surface area contributed by atoms with E-state index in [1.54, 1.807) is 20.3 Å². The normalized spacial score (nSPS) is 10.5. The number of nitrogens with zero attached hydrogens (tertiary/aromatic N) is 1. The van der Waals surface area contributed by atoms with Crippen LogP contribution in [0.3, 0.4) is 0 Å². The molecule has 2 rings (SSSR count). The standard InChI is InChI=1S/C19H19N3O3/c1-24-17-8-6-14(7-9-17)12-22-19(23)15(11-20)13-21-16-4-3-5-18(10-16)25-2/h3-10,13,21H,12H2,1-2H3,(H,22,23)/b15-13-. The molecule has 128 valence electrons. The fourth-order valence-corrected chi connectivity index (χ4v) is 2.04. The zero-order chi connectivity index (χ0) is 18.1. The van der Waals surface area contributed by atoms with E-state index >= 15 is 0 Å². The highest BCUT2D eigenvalue weighted by molar-refractivity contribution is 5.97. The highest BCUT2D eigenvalue weighted by Crippen LogP contribution is 2.17. The van der Waals surface area contributed by atoms with Crippen LogP contribution in [0, 0.1) is 11.3 Å². The first-order valence-electron chi connectivity index (χ1n) is 7.58. The molecule has 0 bridgehead atoms. The summed E-state index contributed by atoms with van der Waals surface area (Å²) in [4.78, 5) is 12.1. The van der Waals surface area contributed by atoms with Gasteiger partial charge in [0.25, 0.3) is 5.91 Å². The van der Waals surface area contributed by atoms with Gasteiger partial charge in [-0.3, -0.25) is 4.79 Å². The lowest BCUT2D eigenvalue weighted by Gasteiger charge is -2.07. The lowest BCUT2D eigenvalue weighted by molar-refractivity contribution is -0.117. The van der Waals surface area contributed by atoms with Gasteiger partial charge >= 0.3 is 0 Å². The van der Waals surface area contributed by atoms with Crippen molar-refractivity contribution >= 4 is 11.6 Å². The molecule has 25 heavy (non-hydrogen) atoms. The van der Waals surface area contributed by atoms with Gasteiger partial charge in [0.05, 0.1) is 14.2 Å². The molecule has 0 aromatic heterocycles. The van der Waals surface area contributed by atoms with Crippen LogP contribution >= 0.6 is 0 Å². The summed E-state index contributed by atoms with van der Waals surface area (Å²) in [6.07, 6.45) is 1.37. The highest BCUT2D eigenvalue weighted by Gasteiger charge is 2.08. The van der Waals surface area contributed by atoms with Crippen molar-refractivity contribution in [3.05, 3.63) is 65.9 Å². The number of hydrogen-bond donors (Lipinski definition) is 2. The molecule has 0 radical (unpaired) electrons. The number of rotatable bonds is 7. The molecular weight excluding hydrogens is 318 g/mol. The van der Waals surface area contributed by atoms with Crippen LogP contribution in [0.2, 0.25) is 0 Å². The first-order chi connectivity index (χ1) is 12.2. The van der Waals surface area contributed by atoms with Crippen LogP contribution in [0.25, 0.3) is 0 Å². The lowest BCUT2D eigenvalue weighted by Crippen LogP contribution is -2.24. The van der Waals surface area contributed by atoms with Crippen LogP contribution in [0.1, 0.15) is 5.56 Å². The van der Waals surface area contributed by atoms with Crippen molar-refractivity contribution in [3.63, 3.8) is 0 Å². The van der Waals surface area contributed by atoms with E-state index in [0.717, 1.165) is 17.0 Å². The minimum atomic E-state index is -0.450. The number of carbonyl (C=O) groups is 1. The number of benzene rings is 2. The number of amides is 1. The Hall–Kier alpha value is -3.46. The molecule has 2 N–H and O–H groups in total. The molecule has 6 nitrogen and oxygen atoms in total. The summed E-state index contributed by atoms with van der Waals surface area (Å²) in [5.41, 5.74) is 1.61. The maximum absolute atomic E-state index is 12.1. The van der Waals surface area contributed by atoms with Crippen molar-refractivity contribution < 1.29 is 14.3 Å². The molecule has 0 unspecified atom stereocenters. The lowest BCUT2D eigenvalue weighted by atomic mass is 10.2. The van der Waals surface area contributed by atoms with E-state index < -0.39 is 5.91 Å². The van der Waals surface area contributed by atoms with E-state index in [1.165, 1.54) is 6.20 Å². The number of hydrogen-bond acceptors (Lipinski definition) is 5. The molecular formula is C19H19N3O3. The number of nitriles is 1. The first-order valence-corrected chi connectivity index (χ1v) is 7.58. The van der Waals surface area contributed by atoms with Gasteiger partial charge in [0.1, 0.15) is 23.1 Å². The van der Waals surface area contributed by atoms with E-state index in [2.05, 4.69) is 10.6 Å². The summed E-state index contributed by atoms with van der Waals surface area (Å²) in [6.45, 7) is 0.320. The number of ether oxygens (including phenoxy) is 2. The Morgan fingerprint density at radius 1 is 1.12 bits per heavy atom. The van der Waals surface area contributed by atoms with Crippen molar-refractivity contribution in [2.24, 2.45) is 0 Å². The average Bonchev–Trinajstić information content (AvgIpc) is 2.67. The van der Waals surface area contributed by atoms with E-state index in [1.807, 2.05) is 48.5 Å². The molecule has 2 aromatic rings. The van der Waals surface area contributed by atoms with Crippen LogP contribution in [0.5, 0.6) is 11.5 Å². The molecule has 0 saturated carbocycles. The fraction of sp³-hybridized carbons (Fsp3) is 0.158. The Kier molecular flexibility index (Phi) is 6.43. The minimum absolute atomic E-state index is 0.0173. The van der Waals surface area contributed by atoms with E-state index in [-0.39, 0.29) is 5.57 Å². The Bertz CT molecular complexity index is 792. The average molecular weight is 337 g/mol. The summed E-state index contributed by atoms with van der Waals surface area (Å²) in [5.74, 6) is 0.977. The topological polar surface area (TPSA) is 83.4 Å². The van der Waals surface area contributed by atoms with Crippen LogP contribution in [0.4, 0.5) is 5.69 Å². The van der Waals surface area contributed by atoms with E-state index in [9.17, 15) is 10.1 Å². The van der Waals surface area contributed by atoms with Crippen LogP contribution < -0.4 is 20.1 Å². The molecule has 0 heterocycles. The Balaban J connectivity index is 1.96. The maximum Gasteiger partial charge on any atom is 0.263 e. The van der Waals surface area contributed by atoms with Gasteiger partial charge in [-0.25, -0.2) is 0 Å². The fourth-order valence-electron chi connectivity index (χ4n) is 2.04. The molecule has 0 spiro atoms. The van der Waals surface area contributed by atoms with Crippen molar-refractivity contribution in [1.82, 2.24) is 5.32 Å². The Labute approximate surface area is 146 Å². The van der Waals surface area contributed by atoms with Gasteiger partial charge in [-0.15, -0.1) is 0 Å². The minimum Gasteiger partial charge on any atom is -0.497 e. The predicted octanol–water partition coefficient (Wildman–Crippen LogP) is 2.84. The van der Waals surface area contributed by atoms with Gasteiger partial charge < -0.3 is 20.1 Å². The molecule has 6 heteroatoms. The second kappa shape index (κ2) is 8.99. The maximum atomic E-state index is 12.1. The molecule has 0 fully saturated rings. The number of carbonyl (C=O) groups excluding carboxylic acids is 1. The summed E-state index contributed by atoms with van der Waals surface area (Å²) in [6, 6.07) is 16.4. The van der Waals surface area contributed by atoms with Gasteiger partial charge in [-0.1, -0.05) is 18.2 Å². The summed E-state index contributed by atoms with van der Waals surface area (Å²) in [5, 5.41) is 14.8. The van der Waals surface area contributed by atoms with Crippen molar-refractivity contribution in [3.8, 4) is 17.6 Å². The van der Waals surface area contributed by atoms with E-state index in [4.69, 9.17) is 9.47 Å². The second-order valence-corrected chi connectivity index (χ2v) is 5.08. The van der Waals surface area contributed by atoms with Crippen molar-refractivity contribution in [2.45, 2.75) is 6.54 Å². The number of methoxy groups -OCH3 is 2. The summed E-state index contributed by atoms with van der Waals surface area (Å²) in [7, 11) is 3.17. The molecule has 1 amide bonds. The van der Waals surface area contributed by atoms with Gasteiger partial charge in [0.2, 0.25) is 0 Å². The largest absolute Gasteiger partial charge is 0.497 e. The second-order valence-electron chi connectivity index (χ2n) is 5.08.